The van der Waals surface area contributed by atoms with Gasteiger partial charge in [0.15, 0.2) is 0 Å². The Hall–Kier alpha value is -1.88. The Morgan fingerprint density at radius 1 is 1.27 bits per heavy atom. The molecule has 0 amide bonds. The molecule has 22 heavy (non-hydrogen) atoms. The number of hydrogen-bond donors (Lipinski definition) is 1. The van der Waals surface area contributed by atoms with E-state index in [4.69, 9.17) is 0 Å². The van der Waals surface area contributed by atoms with E-state index < -0.39 is 0 Å². The summed E-state index contributed by atoms with van der Waals surface area (Å²) in [6, 6.07) is 11.6. The molecule has 0 spiro atoms. The summed E-state index contributed by atoms with van der Waals surface area (Å²) in [6.07, 6.45) is 3.96. The van der Waals surface area contributed by atoms with Gasteiger partial charge in [0.1, 0.15) is 12.2 Å². The average Bonchev–Trinajstić information content (AvgIpc) is 3.17. The summed E-state index contributed by atoms with van der Waals surface area (Å²) in [6.45, 7) is 7.49. The SMILES string of the molecule is CC(C)n1cnnc1CCN[C@@H]1CCN(c2ccccc2)C1. The summed E-state index contributed by atoms with van der Waals surface area (Å²) in [7, 11) is 0. The molecular formula is C17H25N5. The third-order valence-electron chi connectivity index (χ3n) is 4.29. The molecule has 0 unspecified atom stereocenters. The third-order valence-corrected chi connectivity index (χ3v) is 4.29. The number of nitrogens with zero attached hydrogens (tertiary/aromatic N) is 4. The molecule has 118 valence electrons. The zero-order valence-electron chi connectivity index (χ0n) is 13.4. The number of benzene rings is 1. The zero-order chi connectivity index (χ0) is 15.4. The zero-order valence-corrected chi connectivity index (χ0v) is 13.4. The summed E-state index contributed by atoms with van der Waals surface area (Å²) in [5.74, 6) is 1.07. The van der Waals surface area contributed by atoms with Crippen molar-refractivity contribution in [3.8, 4) is 0 Å². The number of anilines is 1. The first-order valence-electron chi connectivity index (χ1n) is 8.16. The van der Waals surface area contributed by atoms with Crippen LogP contribution < -0.4 is 10.2 Å². The van der Waals surface area contributed by atoms with Gasteiger partial charge in [-0.25, -0.2) is 0 Å². The van der Waals surface area contributed by atoms with Crippen molar-refractivity contribution >= 4 is 5.69 Å². The standard InChI is InChI=1S/C17H25N5/c1-14(2)22-13-19-20-17(22)8-10-18-15-9-11-21(12-15)16-6-4-3-5-7-16/h3-7,13-15,18H,8-12H2,1-2H3/t15-/m1/s1. The van der Waals surface area contributed by atoms with Crippen LogP contribution in [0, 0.1) is 0 Å². The fourth-order valence-corrected chi connectivity index (χ4v) is 3.07. The maximum absolute atomic E-state index is 4.23. The molecule has 1 aliphatic heterocycles. The molecule has 1 saturated heterocycles. The molecule has 5 nitrogen and oxygen atoms in total. The van der Waals surface area contributed by atoms with Crippen LogP contribution in [0.2, 0.25) is 0 Å². The molecule has 2 heterocycles. The first-order chi connectivity index (χ1) is 10.7. The third kappa shape index (κ3) is 3.47. The first-order valence-corrected chi connectivity index (χ1v) is 8.16. The van der Waals surface area contributed by atoms with Gasteiger partial charge in [0.2, 0.25) is 0 Å². The maximum atomic E-state index is 4.23. The Balaban J connectivity index is 1.46. The lowest BCUT2D eigenvalue weighted by Crippen LogP contribution is -2.34. The minimum absolute atomic E-state index is 0.421. The number of para-hydroxylation sites is 1. The maximum Gasteiger partial charge on any atom is 0.134 e. The highest BCUT2D eigenvalue weighted by molar-refractivity contribution is 5.47. The molecule has 1 aliphatic rings. The fourth-order valence-electron chi connectivity index (χ4n) is 3.07. The van der Waals surface area contributed by atoms with Gasteiger partial charge >= 0.3 is 0 Å². The molecule has 1 atom stereocenters. The molecule has 0 saturated carbocycles. The molecule has 1 aromatic carbocycles. The van der Waals surface area contributed by atoms with Gasteiger partial charge in [0.25, 0.3) is 0 Å². The van der Waals surface area contributed by atoms with Crippen molar-refractivity contribution < 1.29 is 0 Å². The molecule has 5 heteroatoms. The van der Waals surface area contributed by atoms with Crippen LogP contribution in [0.5, 0.6) is 0 Å². The summed E-state index contributed by atoms with van der Waals surface area (Å²) < 4.78 is 2.15. The monoisotopic (exact) mass is 299 g/mol. The van der Waals surface area contributed by atoms with Gasteiger partial charge in [-0.2, -0.15) is 0 Å². The highest BCUT2D eigenvalue weighted by Crippen LogP contribution is 2.19. The Kier molecular flexibility index (Phi) is 4.73. The van der Waals surface area contributed by atoms with Gasteiger partial charge in [0.05, 0.1) is 0 Å². The van der Waals surface area contributed by atoms with Crippen LogP contribution in [0.1, 0.15) is 32.1 Å². The average molecular weight is 299 g/mol. The van der Waals surface area contributed by atoms with Crippen molar-refractivity contribution in [1.29, 1.82) is 0 Å². The second-order valence-corrected chi connectivity index (χ2v) is 6.22. The van der Waals surface area contributed by atoms with Crippen molar-refractivity contribution in [1.82, 2.24) is 20.1 Å². The lowest BCUT2D eigenvalue weighted by molar-refractivity contribution is 0.522. The molecule has 3 rings (SSSR count). The molecule has 0 aliphatic carbocycles. The van der Waals surface area contributed by atoms with Crippen molar-refractivity contribution in [2.75, 3.05) is 24.5 Å². The van der Waals surface area contributed by atoms with Crippen LogP contribution in [0.4, 0.5) is 5.69 Å². The first kappa shape index (κ1) is 15.0. The lowest BCUT2D eigenvalue weighted by atomic mass is 10.2. The Morgan fingerprint density at radius 2 is 2.09 bits per heavy atom. The summed E-state index contributed by atoms with van der Waals surface area (Å²) in [5, 5.41) is 11.9. The van der Waals surface area contributed by atoms with E-state index in [-0.39, 0.29) is 0 Å². The smallest absolute Gasteiger partial charge is 0.134 e. The van der Waals surface area contributed by atoms with E-state index in [0.717, 1.165) is 31.9 Å². The van der Waals surface area contributed by atoms with Crippen LogP contribution in [-0.4, -0.2) is 40.4 Å². The Bertz CT molecular complexity index is 578. The predicted octanol–water partition coefficient (Wildman–Crippen LogP) is 2.27. The fraction of sp³-hybridized carbons (Fsp3) is 0.529. The molecule has 0 radical (unpaired) electrons. The second kappa shape index (κ2) is 6.92. The molecule has 1 aromatic heterocycles. The van der Waals surface area contributed by atoms with Crippen LogP contribution in [0.15, 0.2) is 36.7 Å². The van der Waals surface area contributed by atoms with E-state index in [1.54, 1.807) is 0 Å². The number of hydrogen-bond acceptors (Lipinski definition) is 4. The van der Waals surface area contributed by atoms with E-state index >= 15 is 0 Å². The number of aromatic nitrogens is 3. The number of rotatable bonds is 6. The molecule has 1 N–H and O–H groups in total. The topological polar surface area (TPSA) is 46.0 Å². The summed E-state index contributed by atoms with van der Waals surface area (Å²) >= 11 is 0. The quantitative estimate of drug-likeness (QED) is 0.889. The van der Waals surface area contributed by atoms with E-state index in [1.807, 2.05) is 6.33 Å². The second-order valence-electron chi connectivity index (χ2n) is 6.22. The Morgan fingerprint density at radius 3 is 2.86 bits per heavy atom. The minimum atomic E-state index is 0.421. The summed E-state index contributed by atoms with van der Waals surface area (Å²) in [5.41, 5.74) is 1.33. The van der Waals surface area contributed by atoms with Gasteiger partial charge in [-0.1, -0.05) is 18.2 Å². The van der Waals surface area contributed by atoms with Crippen LogP contribution in [0.25, 0.3) is 0 Å². The largest absolute Gasteiger partial charge is 0.370 e. The van der Waals surface area contributed by atoms with Gasteiger partial charge < -0.3 is 14.8 Å². The van der Waals surface area contributed by atoms with E-state index in [1.165, 1.54) is 12.1 Å². The van der Waals surface area contributed by atoms with Crippen molar-refractivity contribution in [3.63, 3.8) is 0 Å². The lowest BCUT2D eigenvalue weighted by Gasteiger charge is -2.19. The van der Waals surface area contributed by atoms with Crippen LogP contribution in [-0.2, 0) is 6.42 Å². The van der Waals surface area contributed by atoms with Crippen LogP contribution >= 0.6 is 0 Å². The normalized spacial score (nSPS) is 18.3. The van der Waals surface area contributed by atoms with E-state index in [9.17, 15) is 0 Å². The van der Waals surface area contributed by atoms with Crippen molar-refractivity contribution in [2.45, 2.75) is 38.8 Å². The molecule has 1 fully saturated rings. The molecular weight excluding hydrogens is 274 g/mol. The highest BCUT2D eigenvalue weighted by atomic mass is 15.3. The van der Waals surface area contributed by atoms with Gasteiger partial charge in [-0.3, -0.25) is 0 Å². The summed E-state index contributed by atoms with van der Waals surface area (Å²) in [4.78, 5) is 2.45. The van der Waals surface area contributed by atoms with Gasteiger partial charge in [-0.05, 0) is 32.4 Å². The van der Waals surface area contributed by atoms with Crippen molar-refractivity contribution in [3.05, 3.63) is 42.5 Å². The number of nitrogens with one attached hydrogen (secondary N) is 1. The van der Waals surface area contributed by atoms with E-state index in [0.29, 0.717) is 12.1 Å². The predicted molar refractivity (Wildman–Crippen MR) is 89.2 cm³/mol. The highest BCUT2D eigenvalue weighted by Gasteiger charge is 2.22. The minimum Gasteiger partial charge on any atom is -0.370 e. The van der Waals surface area contributed by atoms with Gasteiger partial charge in [-0.15, -0.1) is 10.2 Å². The van der Waals surface area contributed by atoms with E-state index in [2.05, 4.69) is 69.2 Å². The van der Waals surface area contributed by atoms with Crippen molar-refractivity contribution in [2.24, 2.45) is 0 Å². The molecule has 0 bridgehead atoms. The van der Waals surface area contributed by atoms with Crippen LogP contribution in [0.3, 0.4) is 0 Å². The van der Waals surface area contributed by atoms with Gasteiger partial charge in [0, 0.05) is 43.8 Å². The Labute approximate surface area is 132 Å². The molecule has 2 aromatic rings.